The second-order valence-corrected chi connectivity index (χ2v) is 1.00. The van der Waals surface area contributed by atoms with Crippen molar-refractivity contribution >= 4 is 44.3 Å². The fourth-order valence-corrected chi connectivity index (χ4v) is 0.340. The van der Waals surface area contributed by atoms with Crippen molar-refractivity contribution in [3.05, 3.63) is 39.2 Å². The van der Waals surface area contributed by atoms with Crippen LogP contribution in [-0.2, 0) is 21.7 Å². The molecule has 0 aromatic heterocycles. The summed E-state index contributed by atoms with van der Waals surface area (Å²) < 4.78 is 0. The Labute approximate surface area is 111 Å². The third kappa shape index (κ3) is 30.3. The zero-order chi connectivity index (χ0) is 5.54. The first-order valence-corrected chi connectivity index (χ1v) is 6.22. The van der Waals surface area contributed by atoms with Crippen LogP contribution in [0.1, 0.15) is 6.42 Å². The smallest absolute Gasteiger partial charge is 0.358 e. The third-order valence-electron chi connectivity index (χ3n) is 0.586. The van der Waals surface area contributed by atoms with E-state index in [4.69, 9.17) is 0 Å². The molecule has 0 bridgehead atoms. The van der Waals surface area contributed by atoms with Gasteiger partial charge in [-0.2, -0.15) is 6.08 Å². The molecule has 71 valence electrons. The van der Waals surface area contributed by atoms with E-state index < -0.39 is 0 Å². The SMILES string of the molecule is Cl.Cl.[C-]1=CC=CC1.[CH3-].[CH3-].[SiH2][SiH2].[Ti+3]. The predicted molar refractivity (Wildman–Crippen MR) is 66.0 cm³/mol. The van der Waals surface area contributed by atoms with E-state index >= 15 is 0 Å². The molecule has 0 N–H and O–H groups in total. The molecule has 0 unspecified atom stereocenters. The minimum Gasteiger partial charge on any atom is -0.358 e. The molecule has 1 aliphatic carbocycles. The maximum absolute atomic E-state index is 2.99. The monoisotopic (exact) mass is 275 g/mol. The average molecular weight is 276 g/mol. The summed E-state index contributed by atoms with van der Waals surface area (Å²) in [6, 6.07) is 0. The van der Waals surface area contributed by atoms with E-state index in [2.05, 4.69) is 12.2 Å². The van der Waals surface area contributed by atoms with Gasteiger partial charge in [0.25, 0.3) is 0 Å². The van der Waals surface area contributed by atoms with Crippen LogP contribution in [-0.4, -0.2) is 19.5 Å². The quantitative estimate of drug-likeness (QED) is 0.461. The molecule has 0 saturated heterocycles. The van der Waals surface area contributed by atoms with Gasteiger partial charge in [0.05, 0.1) is 0 Å². The molecule has 0 nitrogen and oxygen atoms in total. The van der Waals surface area contributed by atoms with Gasteiger partial charge in [0.2, 0.25) is 0 Å². The number of rotatable bonds is 0. The van der Waals surface area contributed by atoms with E-state index in [1.54, 1.807) is 0 Å². The molecule has 0 saturated carbocycles. The molecule has 1 rings (SSSR count). The zero-order valence-corrected chi connectivity index (χ0v) is 13.7. The summed E-state index contributed by atoms with van der Waals surface area (Å²) in [5, 5.41) is 0. The van der Waals surface area contributed by atoms with Crippen LogP contribution in [0.15, 0.2) is 18.2 Å². The molecule has 0 aromatic rings. The van der Waals surface area contributed by atoms with Crippen LogP contribution < -0.4 is 0 Å². The molecule has 0 heterocycles. The zero-order valence-electron chi connectivity index (χ0n) is 7.67. The molecule has 3 radical (unpaired) electrons. The van der Waals surface area contributed by atoms with Crippen molar-refractivity contribution in [2.24, 2.45) is 0 Å². The summed E-state index contributed by atoms with van der Waals surface area (Å²) in [4.78, 5) is 0. The summed E-state index contributed by atoms with van der Waals surface area (Å²) in [5.41, 5.74) is 0. The third-order valence-corrected chi connectivity index (χ3v) is 0.586. The number of hydrogen-bond acceptors (Lipinski definition) is 0. The van der Waals surface area contributed by atoms with Crippen molar-refractivity contribution in [2.45, 2.75) is 6.42 Å². The van der Waals surface area contributed by atoms with E-state index in [-0.39, 0.29) is 61.4 Å². The maximum Gasteiger partial charge on any atom is 3.00 e. The summed E-state index contributed by atoms with van der Waals surface area (Å²) in [5.74, 6) is 0. The van der Waals surface area contributed by atoms with Gasteiger partial charge in [0.15, 0.2) is 0 Å². The van der Waals surface area contributed by atoms with Crippen LogP contribution >= 0.6 is 24.8 Å². The van der Waals surface area contributed by atoms with Gasteiger partial charge < -0.3 is 14.9 Å². The second-order valence-electron chi connectivity index (χ2n) is 1.00. The standard InChI is InChI=1S/C5H5.2CH3.2ClH.H4Si2.Ti/c1-2-4-5-3-1;;;;;1-2;/h1-3H,4H2;2*1H3;2*1H;1-2H2;/q3*-1;;;;+3. The Balaban J connectivity index is -0.0000000122. The van der Waals surface area contributed by atoms with E-state index in [9.17, 15) is 0 Å². The van der Waals surface area contributed by atoms with Crippen LogP contribution in [0, 0.1) is 20.9 Å². The summed E-state index contributed by atoms with van der Waals surface area (Å²) in [7, 11) is 3.78. The van der Waals surface area contributed by atoms with Gasteiger partial charge in [-0.25, -0.2) is 12.2 Å². The van der Waals surface area contributed by atoms with Crippen LogP contribution in [0.2, 0.25) is 0 Å². The van der Waals surface area contributed by atoms with Gasteiger partial charge in [0.1, 0.15) is 0 Å². The van der Waals surface area contributed by atoms with E-state index in [0.29, 0.717) is 0 Å². The fraction of sp³-hybridized carbons (Fsp3) is 0.143. The fourth-order valence-electron chi connectivity index (χ4n) is 0.340. The summed E-state index contributed by atoms with van der Waals surface area (Å²) >= 11 is 0. The minimum absolute atomic E-state index is 0. The normalized spacial score (nSPS) is 7.83. The largest absolute Gasteiger partial charge is 3.00 e. The predicted octanol–water partition coefficient (Wildman–Crippen LogP) is 1.21. The molecule has 0 spiro atoms. The first kappa shape index (κ1) is 37.9. The molecular weight excluding hydrogens is 259 g/mol. The van der Waals surface area contributed by atoms with E-state index in [0.717, 1.165) is 6.42 Å². The van der Waals surface area contributed by atoms with Crippen LogP contribution in [0.5, 0.6) is 0 Å². The Hall–Kier alpha value is 1.21. The van der Waals surface area contributed by atoms with Crippen molar-refractivity contribution in [1.82, 2.24) is 0 Å². The topological polar surface area (TPSA) is 0 Å². The van der Waals surface area contributed by atoms with Crippen LogP contribution in [0.25, 0.3) is 0 Å². The maximum atomic E-state index is 2.99. The van der Waals surface area contributed by atoms with Crippen molar-refractivity contribution in [3.8, 4) is 0 Å². The van der Waals surface area contributed by atoms with Gasteiger partial charge in [-0.3, -0.25) is 6.08 Å². The average Bonchev–Trinajstić information content (AvgIpc) is 2.23. The molecule has 0 aromatic carbocycles. The summed E-state index contributed by atoms with van der Waals surface area (Å²) in [6.07, 6.45) is 10.0. The van der Waals surface area contributed by atoms with Crippen molar-refractivity contribution in [3.63, 3.8) is 0 Å². The molecule has 0 amide bonds. The molecular formula is C7H17Cl2Si2Ti. The Morgan fingerprint density at radius 3 is 1.58 bits per heavy atom. The van der Waals surface area contributed by atoms with Crippen LogP contribution in [0.3, 0.4) is 0 Å². The Kier molecular flexibility index (Phi) is 126. The Bertz CT molecular complexity index is 77.5. The van der Waals surface area contributed by atoms with Gasteiger partial charge in [-0.1, -0.05) is 0 Å². The molecule has 1 aliphatic rings. The molecule has 0 atom stereocenters. The van der Waals surface area contributed by atoms with Gasteiger partial charge >= 0.3 is 21.7 Å². The van der Waals surface area contributed by atoms with Crippen molar-refractivity contribution < 1.29 is 21.7 Å². The Morgan fingerprint density at radius 1 is 1.08 bits per heavy atom. The summed E-state index contributed by atoms with van der Waals surface area (Å²) in [6.45, 7) is 0. The molecule has 5 heteroatoms. The molecule has 0 fully saturated rings. The first-order valence-electron chi connectivity index (χ1n) is 2.22. The molecule has 12 heavy (non-hydrogen) atoms. The number of allylic oxidation sites excluding steroid dienone is 4. The Morgan fingerprint density at radius 2 is 1.50 bits per heavy atom. The number of halogens is 2. The minimum atomic E-state index is 0. The van der Waals surface area contributed by atoms with Crippen molar-refractivity contribution in [2.75, 3.05) is 0 Å². The van der Waals surface area contributed by atoms with Gasteiger partial charge in [-0.15, -0.1) is 31.2 Å². The van der Waals surface area contributed by atoms with E-state index in [1.807, 2.05) is 31.7 Å². The molecule has 0 aliphatic heterocycles. The van der Waals surface area contributed by atoms with E-state index in [1.165, 1.54) is 0 Å². The second kappa shape index (κ2) is 39.8. The van der Waals surface area contributed by atoms with Gasteiger partial charge in [-0.05, 0) is 19.5 Å². The first-order chi connectivity index (χ1) is 3.50. The van der Waals surface area contributed by atoms with Gasteiger partial charge in [0, 0.05) is 0 Å². The van der Waals surface area contributed by atoms with Crippen molar-refractivity contribution in [1.29, 1.82) is 0 Å². The van der Waals surface area contributed by atoms with Crippen LogP contribution in [0.4, 0.5) is 0 Å². The number of hydrogen-bond donors (Lipinski definition) is 0.